The number of anilines is 1. The Morgan fingerprint density at radius 3 is 1.91 bits per heavy atom. The van der Waals surface area contributed by atoms with Crippen LogP contribution in [0.3, 0.4) is 0 Å². The number of aromatic carboxylic acids is 1. The van der Waals surface area contributed by atoms with Gasteiger partial charge in [-0.3, -0.25) is 9.69 Å². The summed E-state index contributed by atoms with van der Waals surface area (Å²) in [5.41, 5.74) is 1.98. The van der Waals surface area contributed by atoms with Gasteiger partial charge in [0, 0.05) is 39.2 Å². The Morgan fingerprint density at radius 2 is 1.45 bits per heavy atom. The van der Waals surface area contributed by atoms with Crippen LogP contribution in [0.15, 0.2) is 72.8 Å². The molecule has 33 heavy (non-hydrogen) atoms. The predicted molar refractivity (Wildman–Crippen MR) is 125 cm³/mol. The summed E-state index contributed by atoms with van der Waals surface area (Å²) in [6, 6.07) is 22.2. The maximum absolute atomic E-state index is 14.2. The van der Waals surface area contributed by atoms with Crippen molar-refractivity contribution < 1.29 is 23.8 Å². The first-order valence-electron chi connectivity index (χ1n) is 10.6. The predicted octanol–water partition coefficient (Wildman–Crippen LogP) is 4.59. The molecule has 1 N–H and O–H groups in total. The van der Waals surface area contributed by atoms with Crippen molar-refractivity contribution in [2.45, 2.75) is 20.0 Å². The molecule has 0 aliphatic rings. The highest BCUT2D eigenvalue weighted by Gasteiger charge is 2.22. The van der Waals surface area contributed by atoms with E-state index in [4.69, 9.17) is 4.74 Å². The number of amides is 1. The third-order valence-corrected chi connectivity index (χ3v) is 5.31. The van der Waals surface area contributed by atoms with Crippen LogP contribution in [0.5, 0.6) is 5.75 Å². The summed E-state index contributed by atoms with van der Waals surface area (Å²) >= 11 is 0. The van der Waals surface area contributed by atoms with Gasteiger partial charge in [0.2, 0.25) is 5.91 Å². The number of methoxy groups -OCH3 is 1. The van der Waals surface area contributed by atoms with Crippen LogP contribution in [-0.2, 0) is 17.9 Å². The third kappa shape index (κ3) is 6.40. The fraction of sp³-hybridized carbons (Fsp3) is 0.231. The average Bonchev–Trinajstić information content (AvgIpc) is 2.80. The number of carbonyl (C=O) groups excluding carboxylic acids is 1. The number of carboxylic acids is 1. The first-order valence-corrected chi connectivity index (χ1v) is 10.6. The van der Waals surface area contributed by atoms with Gasteiger partial charge >= 0.3 is 5.97 Å². The van der Waals surface area contributed by atoms with Gasteiger partial charge in [-0.25, -0.2) is 9.18 Å². The number of hydrogen-bond acceptors (Lipinski definition) is 4. The monoisotopic (exact) mass is 450 g/mol. The average molecular weight is 451 g/mol. The summed E-state index contributed by atoms with van der Waals surface area (Å²) in [5.74, 6) is -2.52. The number of nitrogens with zero attached hydrogens (tertiary/aromatic N) is 2. The van der Waals surface area contributed by atoms with Crippen molar-refractivity contribution in [3.63, 3.8) is 0 Å². The van der Waals surface area contributed by atoms with E-state index in [9.17, 15) is 19.1 Å². The van der Waals surface area contributed by atoms with E-state index in [0.29, 0.717) is 19.6 Å². The topological polar surface area (TPSA) is 70.1 Å². The van der Waals surface area contributed by atoms with Crippen LogP contribution in [0, 0.1) is 5.82 Å². The molecule has 0 bridgehead atoms. The number of rotatable bonds is 10. The number of benzene rings is 3. The van der Waals surface area contributed by atoms with Crippen molar-refractivity contribution in [1.29, 1.82) is 0 Å². The minimum atomic E-state index is -1.41. The molecule has 0 spiro atoms. The number of hydrogen-bond donors (Lipinski definition) is 1. The van der Waals surface area contributed by atoms with Crippen LogP contribution in [0.4, 0.5) is 10.1 Å². The zero-order valence-corrected chi connectivity index (χ0v) is 18.7. The van der Waals surface area contributed by atoms with Crippen molar-refractivity contribution in [2.24, 2.45) is 0 Å². The minimum absolute atomic E-state index is 0.102. The van der Waals surface area contributed by atoms with Crippen molar-refractivity contribution in [3.8, 4) is 5.75 Å². The molecule has 0 saturated heterocycles. The summed E-state index contributed by atoms with van der Waals surface area (Å²) in [7, 11) is 1.36. The van der Waals surface area contributed by atoms with Gasteiger partial charge in [-0.2, -0.15) is 0 Å². The van der Waals surface area contributed by atoms with Gasteiger partial charge in [0.25, 0.3) is 0 Å². The molecule has 0 aliphatic heterocycles. The SMILES string of the molecule is COc1cc(F)c(C(=O)O)cc1N(CCN(Cc1ccccc1)Cc1ccccc1)C(C)=O. The van der Waals surface area contributed by atoms with Crippen molar-refractivity contribution in [2.75, 3.05) is 25.1 Å². The van der Waals surface area contributed by atoms with Crippen molar-refractivity contribution in [3.05, 3.63) is 95.3 Å². The molecule has 3 aromatic carbocycles. The second-order valence-electron chi connectivity index (χ2n) is 7.66. The summed E-state index contributed by atoms with van der Waals surface area (Å²) in [6.45, 7) is 3.51. The second kappa shape index (κ2) is 11.2. The first kappa shape index (κ1) is 23.9. The van der Waals surface area contributed by atoms with Gasteiger partial charge in [-0.15, -0.1) is 0 Å². The van der Waals surface area contributed by atoms with Crippen LogP contribution < -0.4 is 9.64 Å². The molecule has 0 aromatic heterocycles. The van der Waals surface area contributed by atoms with E-state index < -0.39 is 17.3 Å². The lowest BCUT2D eigenvalue weighted by Gasteiger charge is -2.28. The standard InChI is InChI=1S/C26H27FN2O4/c1-19(30)29(24-15-22(26(31)32)23(27)16-25(24)33-2)14-13-28(17-20-9-5-3-6-10-20)18-21-11-7-4-8-12-21/h3-12,15-16H,13-14,17-18H2,1-2H3,(H,31,32). The van der Waals surface area contributed by atoms with E-state index in [1.807, 2.05) is 60.7 Å². The largest absolute Gasteiger partial charge is 0.494 e. The van der Waals surface area contributed by atoms with Gasteiger partial charge in [-0.05, 0) is 17.2 Å². The van der Waals surface area contributed by atoms with Gasteiger partial charge in [0.05, 0.1) is 18.4 Å². The number of ether oxygens (including phenoxy) is 1. The fourth-order valence-electron chi connectivity index (χ4n) is 3.67. The molecule has 0 radical (unpaired) electrons. The highest BCUT2D eigenvalue weighted by molar-refractivity contribution is 5.96. The van der Waals surface area contributed by atoms with Crippen LogP contribution >= 0.6 is 0 Å². The molecule has 6 nitrogen and oxygen atoms in total. The van der Waals surface area contributed by atoms with Crippen LogP contribution in [-0.4, -0.2) is 42.1 Å². The lowest BCUT2D eigenvalue weighted by molar-refractivity contribution is -0.116. The zero-order valence-electron chi connectivity index (χ0n) is 18.7. The summed E-state index contributed by atoms with van der Waals surface area (Å²) in [6.07, 6.45) is 0. The summed E-state index contributed by atoms with van der Waals surface area (Å²) in [4.78, 5) is 27.6. The second-order valence-corrected chi connectivity index (χ2v) is 7.66. The number of carboxylic acid groups (broad SMARTS) is 1. The lowest BCUT2D eigenvalue weighted by Crippen LogP contribution is -2.37. The Morgan fingerprint density at radius 1 is 0.909 bits per heavy atom. The molecule has 172 valence electrons. The molecule has 1 amide bonds. The van der Waals surface area contributed by atoms with Gasteiger partial charge in [0.1, 0.15) is 11.6 Å². The van der Waals surface area contributed by atoms with E-state index in [-0.39, 0.29) is 23.9 Å². The van der Waals surface area contributed by atoms with E-state index >= 15 is 0 Å². The molecule has 3 aromatic rings. The molecule has 0 atom stereocenters. The zero-order chi connectivity index (χ0) is 23.8. The molecule has 3 rings (SSSR count). The van der Waals surface area contributed by atoms with Gasteiger partial charge in [0.15, 0.2) is 0 Å². The molecule has 0 saturated carbocycles. The lowest BCUT2D eigenvalue weighted by atomic mass is 10.1. The molecule has 0 unspecified atom stereocenters. The maximum Gasteiger partial charge on any atom is 0.338 e. The Balaban J connectivity index is 1.87. The highest BCUT2D eigenvalue weighted by Crippen LogP contribution is 2.31. The Bertz CT molecular complexity index is 1050. The normalized spacial score (nSPS) is 10.8. The first-order chi connectivity index (χ1) is 15.9. The number of halogens is 1. The van der Waals surface area contributed by atoms with Crippen LogP contribution in [0.25, 0.3) is 0 Å². The minimum Gasteiger partial charge on any atom is -0.494 e. The van der Waals surface area contributed by atoms with E-state index in [0.717, 1.165) is 23.3 Å². The maximum atomic E-state index is 14.2. The van der Waals surface area contributed by atoms with Gasteiger partial charge in [-0.1, -0.05) is 60.7 Å². The Kier molecular flexibility index (Phi) is 8.16. The van der Waals surface area contributed by atoms with E-state index in [1.165, 1.54) is 18.9 Å². The smallest absolute Gasteiger partial charge is 0.338 e. The third-order valence-electron chi connectivity index (χ3n) is 5.31. The number of carbonyl (C=O) groups is 2. The van der Waals surface area contributed by atoms with Gasteiger partial charge < -0.3 is 14.7 Å². The Hall–Kier alpha value is -3.71. The molecule has 0 aliphatic carbocycles. The van der Waals surface area contributed by atoms with Crippen LogP contribution in [0.2, 0.25) is 0 Å². The van der Waals surface area contributed by atoms with Crippen molar-refractivity contribution >= 4 is 17.6 Å². The quantitative estimate of drug-likeness (QED) is 0.489. The fourth-order valence-corrected chi connectivity index (χ4v) is 3.67. The van der Waals surface area contributed by atoms with Crippen molar-refractivity contribution in [1.82, 2.24) is 4.90 Å². The Labute approximate surface area is 192 Å². The van der Waals surface area contributed by atoms with E-state index in [2.05, 4.69) is 4.90 Å². The van der Waals surface area contributed by atoms with Crippen LogP contribution in [0.1, 0.15) is 28.4 Å². The molecular weight excluding hydrogens is 423 g/mol. The molecule has 0 fully saturated rings. The molecular formula is C26H27FN2O4. The van der Waals surface area contributed by atoms with E-state index in [1.54, 1.807) is 0 Å². The molecule has 7 heteroatoms. The highest BCUT2D eigenvalue weighted by atomic mass is 19.1. The summed E-state index contributed by atoms with van der Waals surface area (Å²) in [5, 5.41) is 9.33. The summed E-state index contributed by atoms with van der Waals surface area (Å²) < 4.78 is 19.4. The molecule has 0 heterocycles.